The number of nitrogens with zero attached hydrogens (tertiary/aromatic N) is 1. The molecule has 0 amide bonds. The molecule has 10 aromatic rings. The fourth-order valence-corrected chi connectivity index (χ4v) is 12.1. The van der Waals surface area contributed by atoms with Crippen molar-refractivity contribution < 1.29 is 0 Å². The second kappa shape index (κ2) is 12.9. The summed E-state index contributed by atoms with van der Waals surface area (Å²) in [5.74, 6) is 0. The lowest BCUT2D eigenvalue weighted by Crippen LogP contribution is -2.16. The third-order valence-corrected chi connectivity index (χ3v) is 14.8. The first-order valence-electron chi connectivity index (χ1n) is 21.1. The Bertz CT molecular complexity index is 3400. The van der Waals surface area contributed by atoms with Crippen LogP contribution in [0.1, 0.15) is 49.9 Å². The Labute approximate surface area is 355 Å². The highest BCUT2D eigenvalue weighted by molar-refractivity contribution is 7.26. The van der Waals surface area contributed by atoms with Crippen molar-refractivity contribution in [2.45, 2.75) is 38.5 Å². The predicted octanol–water partition coefficient (Wildman–Crippen LogP) is 16.6. The molecule has 2 aliphatic rings. The van der Waals surface area contributed by atoms with E-state index in [4.69, 9.17) is 0 Å². The van der Waals surface area contributed by atoms with Gasteiger partial charge in [-0.1, -0.05) is 179 Å². The normalized spacial score (nSPS) is 14.3. The van der Waals surface area contributed by atoms with E-state index in [0.29, 0.717) is 0 Å². The molecule has 0 radical (unpaired) electrons. The van der Waals surface area contributed by atoms with E-state index in [1.165, 1.54) is 103 Å². The van der Waals surface area contributed by atoms with E-state index in [1.54, 1.807) is 0 Å². The first-order valence-corrected chi connectivity index (χ1v) is 21.9. The second-order valence-electron chi connectivity index (χ2n) is 17.6. The molecule has 0 unspecified atom stereocenters. The molecular weight excluding hydrogens is 743 g/mol. The summed E-state index contributed by atoms with van der Waals surface area (Å²) in [5, 5.41) is 5.15. The van der Waals surface area contributed by atoms with Crippen molar-refractivity contribution in [1.29, 1.82) is 0 Å². The van der Waals surface area contributed by atoms with Gasteiger partial charge in [-0.15, -0.1) is 11.3 Å². The fourth-order valence-electron chi connectivity index (χ4n) is 10.8. The number of benzene rings is 9. The Morgan fingerprint density at radius 3 is 1.87 bits per heavy atom. The molecule has 0 atom stereocenters. The average Bonchev–Trinajstić information content (AvgIpc) is 3.87. The molecule has 1 aromatic heterocycles. The summed E-state index contributed by atoms with van der Waals surface area (Å²) in [6, 6.07) is 70.5. The van der Waals surface area contributed by atoms with Crippen LogP contribution in [0.5, 0.6) is 0 Å². The SMILES string of the molecule is CC1(C)c2ccccc2-c2ccc(-c3ccccc3N(c3cccc(-c4cccc5c4C(C)(C)c4ccccc4-5)c3)c3cccc4sc5c6ccccc6ccc5c34)cc21. The molecule has 1 heterocycles. The lowest BCUT2D eigenvalue weighted by molar-refractivity contribution is 0.660. The van der Waals surface area contributed by atoms with Crippen LogP contribution in [0, 0.1) is 0 Å². The molecule has 12 rings (SSSR count). The second-order valence-corrected chi connectivity index (χ2v) is 18.7. The number of thiophene rings is 1. The summed E-state index contributed by atoms with van der Waals surface area (Å²) in [6.45, 7) is 9.51. The smallest absolute Gasteiger partial charge is 0.0555 e. The molecule has 60 heavy (non-hydrogen) atoms. The standard InChI is InChI=1S/C58H43NS/c1-57(2)48-25-10-7-21-43(48)45-32-31-38(35-50(45)57)40-19-9-12-27-51(40)59(52-28-15-29-53-54(52)47-33-30-36-16-5-6-20-42(36)56(47)60-53)39-18-13-17-37(34-39)41-23-14-24-46-44-22-8-11-26-49(44)58(3,4)55(41)46/h5-35H,1-4H3. The van der Waals surface area contributed by atoms with Gasteiger partial charge in [0.2, 0.25) is 0 Å². The van der Waals surface area contributed by atoms with Gasteiger partial charge in [0.25, 0.3) is 0 Å². The van der Waals surface area contributed by atoms with Crippen molar-refractivity contribution in [2.24, 2.45) is 0 Å². The van der Waals surface area contributed by atoms with E-state index >= 15 is 0 Å². The summed E-state index contributed by atoms with van der Waals surface area (Å²) in [5.41, 5.74) is 19.1. The number of rotatable bonds is 5. The molecule has 0 aliphatic heterocycles. The van der Waals surface area contributed by atoms with Gasteiger partial charge in [0.05, 0.1) is 11.4 Å². The number of para-hydroxylation sites is 1. The maximum Gasteiger partial charge on any atom is 0.0555 e. The minimum Gasteiger partial charge on any atom is -0.309 e. The van der Waals surface area contributed by atoms with Gasteiger partial charge in [-0.2, -0.15) is 0 Å². The zero-order chi connectivity index (χ0) is 40.3. The highest BCUT2D eigenvalue weighted by atomic mass is 32.1. The third kappa shape index (κ3) is 4.98. The number of hydrogen-bond acceptors (Lipinski definition) is 2. The van der Waals surface area contributed by atoms with Crippen LogP contribution in [0.15, 0.2) is 188 Å². The highest BCUT2D eigenvalue weighted by Gasteiger charge is 2.38. The molecule has 0 saturated carbocycles. The van der Waals surface area contributed by atoms with E-state index in [0.717, 1.165) is 11.4 Å². The van der Waals surface area contributed by atoms with Gasteiger partial charge in [-0.3, -0.25) is 0 Å². The zero-order valence-electron chi connectivity index (χ0n) is 34.3. The lowest BCUT2D eigenvalue weighted by Gasteiger charge is -2.30. The summed E-state index contributed by atoms with van der Waals surface area (Å²) in [6.07, 6.45) is 0. The van der Waals surface area contributed by atoms with Gasteiger partial charge in [-0.25, -0.2) is 0 Å². The maximum absolute atomic E-state index is 2.54. The largest absolute Gasteiger partial charge is 0.309 e. The topological polar surface area (TPSA) is 3.24 Å². The molecule has 2 heteroatoms. The van der Waals surface area contributed by atoms with Crippen LogP contribution in [0.4, 0.5) is 17.1 Å². The lowest BCUT2D eigenvalue weighted by atomic mass is 9.79. The van der Waals surface area contributed by atoms with Crippen LogP contribution in [0.25, 0.3) is 75.5 Å². The third-order valence-electron chi connectivity index (χ3n) is 13.6. The molecule has 0 spiro atoms. The van der Waals surface area contributed by atoms with E-state index in [-0.39, 0.29) is 10.8 Å². The highest BCUT2D eigenvalue weighted by Crippen LogP contribution is 2.54. The maximum atomic E-state index is 2.54. The van der Waals surface area contributed by atoms with Crippen molar-refractivity contribution >= 4 is 59.3 Å². The fraction of sp³-hybridized carbons (Fsp3) is 0.103. The quantitative estimate of drug-likeness (QED) is 0.168. The van der Waals surface area contributed by atoms with Gasteiger partial charge in [0.15, 0.2) is 0 Å². The molecule has 286 valence electrons. The average molecular weight is 786 g/mol. The molecule has 2 aliphatic carbocycles. The molecular formula is C58H43NS. The van der Waals surface area contributed by atoms with Gasteiger partial charge >= 0.3 is 0 Å². The van der Waals surface area contributed by atoms with Crippen LogP contribution in [-0.4, -0.2) is 0 Å². The van der Waals surface area contributed by atoms with Crippen molar-refractivity contribution in [1.82, 2.24) is 0 Å². The van der Waals surface area contributed by atoms with Gasteiger partial charge in [0.1, 0.15) is 0 Å². The van der Waals surface area contributed by atoms with Gasteiger partial charge in [0, 0.05) is 42.3 Å². The summed E-state index contributed by atoms with van der Waals surface area (Å²) in [7, 11) is 0. The monoisotopic (exact) mass is 785 g/mol. The molecule has 0 N–H and O–H groups in total. The Kier molecular flexibility index (Phi) is 7.56. The van der Waals surface area contributed by atoms with Crippen LogP contribution < -0.4 is 4.90 Å². The molecule has 1 nitrogen and oxygen atoms in total. The van der Waals surface area contributed by atoms with Crippen molar-refractivity contribution in [3.8, 4) is 44.5 Å². The Balaban J connectivity index is 1.10. The van der Waals surface area contributed by atoms with E-state index in [1.807, 2.05) is 11.3 Å². The van der Waals surface area contributed by atoms with Crippen LogP contribution >= 0.6 is 11.3 Å². The Morgan fingerprint density at radius 1 is 0.400 bits per heavy atom. The minimum atomic E-state index is -0.129. The van der Waals surface area contributed by atoms with E-state index in [2.05, 4.69) is 221 Å². The molecule has 9 aromatic carbocycles. The van der Waals surface area contributed by atoms with Crippen LogP contribution in [-0.2, 0) is 10.8 Å². The molecule has 0 bridgehead atoms. The summed E-state index contributed by atoms with van der Waals surface area (Å²) >= 11 is 1.90. The van der Waals surface area contributed by atoms with Crippen LogP contribution in [0.3, 0.4) is 0 Å². The van der Waals surface area contributed by atoms with Crippen molar-refractivity contribution in [3.63, 3.8) is 0 Å². The number of anilines is 3. The minimum absolute atomic E-state index is 0.0990. The number of fused-ring (bicyclic) bond motifs is 11. The molecule has 0 saturated heterocycles. The predicted molar refractivity (Wildman–Crippen MR) is 258 cm³/mol. The van der Waals surface area contributed by atoms with Crippen LogP contribution in [0.2, 0.25) is 0 Å². The first-order chi connectivity index (χ1) is 29.3. The van der Waals surface area contributed by atoms with Crippen molar-refractivity contribution in [3.05, 3.63) is 210 Å². The van der Waals surface area contributed by atoms with E-state index < -0.39 is 0 Å². The van der Waals surface area contributed by atoms with Gasteiger partial charge in [-0.05, 0) is 108 Å². The summed E-state index contributed by atoms with van der Waals surface area (Å²) < 4.78 is 2.62. The van der Waals surface area contributed by atoms with Gasteiger partial charge < -0.3 is 4.90 Å². The van der Waals surface area contributed by atoms with E-state index in [9.17, 15) is 0 Å². The number of hydrogen-bond donors (Lipinski definition) is 0. The summed E-state index contributed by atoms with van der Waals surface area (Å²) in [4.78, 5) is 2.54. The first kappa shape index (κ1) is 35.2. The molecule has 0 fully saturated rings. The Morgan fingerprint density at radius 2 is 1.02 bits per heavy atom. The van der Waals surface area contributed by atoms with Crippen molar-refractivity contribution in [2.75, 3.05) is 4.90 Å². The Hall–Kier alpha value is -6.74. The zero-order valence-corrected chi connectivity index (χ0v) is 35.1.